The minimum atomic E-state index is -1.09. The predicted octanol–water partition coefficient (Wildman–Crippen LogP) is 0.981. The molecule has 0 saturated carbocycles. The molecule has 0 fully saturated rings. The van der Waals surface area contributed by atoms with Gasteiger partial charge in [-0.05, 0) is 19.3 Å². The van der Waals surface area contributed by atoms with Gasteiger partial charge >= 0.3 is 12.0 Å². The van der Waals surface area contributed by atoms with Crippen LogP contribution >= 0.6 is 0 Å². The van der Waals surface area contributed by atoms with Crippen LogP contribution in [0.15, 0.2) is 0 Å². The van der Waals surface area contributed by atoms with Crippen molar-refractivity contribution in [1.29, 1.82) is 0 Å². The maximum Gasteiger partial charge on any atom is 0.326 e. The molecule has 1 aromatic heterocycles. The molecule has 8 nitrogen and oxygen atoms in total. The maximum atomic E-state index is 11.6. The molecule has 0 aliphatic heterocycles. The van der Waals surface area contributed by atoms with Crippen LogP contribution in [-0.2, 0) is 17.6 Å². The molecule has 0 saturated heterocycles. The van der Waals surface area contributed by atoms with Crippen LogP contribution in [0, 0.1) is 0 Å². The van der Waals surface area contributed by atoms with E-state index in [-0.39, 0.29) is 12.4 Å². The summed E-state index contributed by atoms with van der Waals surface area (Å²) >= 11 is 0. The first-order chi connectivity index (χ1) is 9.51. The van der Waals surface area contributed by atoms with Crippen molar-refractivity contribution in [3.63, 3.8) is 0 Å². The third-order valence-corrected chi connectivity index (χ3v) is 2.75. The number of aliphatic carboxylic acids is 1. The van der Waals surface area contributed by atoms with Gasteiger partial charge in [-0.25, -0.2) is 14.6 Å². The third kappa shape index (κ3) is 4.15. The Labute approximate surface area is 117 Å². The van der Waals surface area contributed by atoms with E-state index < -0.39 is 18.0 Å². The highest BCUT2D eigenvalue weighted by Gasteiger charge is 2.18. The van der Waals surface area contributed by atoms with Gasteiger partial charge in [0.15, 0.2) is 0 Å². The Hall–Kier alpha value is -2.25. The molecule has 110 valence electrons. The molecule has 0 unspecified atom stereocenters. The van der Waals surface area contributed by atoms with Gasteiger partial charge < -0.3 is 10.4 Å². The van der Waals surface area contributed by atoms with Gasteiger partial charge in [-0.1, -0.05) is 20.8 Å². The number of carboxylic acids is 1. The molecule has 20 heavy (non-hydrogen) atoms. The lowest BCUT2D eigenvalue weighted by atomic mass is 10.2. The summed E-state index contributed by atoms with van der Waals surface area (Å²) in [6.45, 7) is 5.55. The van der Waals surface area contributed by atoms with Crippen LogP contribution in [0.25, 0.3) is 0 Å². The lowest BCUT2D eigenvalue weighted by Crippen LogP contribution is -2.42. The zero-order valence-electron chi connectivity index (χ0n) is 11.8. The van der Waals surface area contributed by atoms with Gasteiger partial charge in [-0.15, -0.1) is 10.2 Å². The molecule has 1 atom stereocenters. The molecule has 0 aromatic carbocycles. The van der Waals surface area contributed by atoms with Crippen molar-refractivity contribution in [2.45, 2.75) is 46.1 Å². The summed E-state index contributed by atoms with van der Waals surface area (Å²) < 4.78 is 0. The predicted molar refractivity (Wildman–Crippen MR) is 72.5 cm³/mol. The van der Waals surface area contributed by atoms with Crippen LogP contribution in [0.2, 0.25) is 0 Å². The number of hydrogen-bond acceptors (Lipinski definition) is 5. The Kier molecular flexibility index (Phi) is 5.82. The zero-order chi connectivity index (χ0) is 15.1. The highest BCUT2D eigenvalue weighted by molar-refractivity contribution is 5.90. The number of aromatic nitrogens is 3. The van der Waals surface area contributed by atoms with E-state index in [1.807, 2.05) is 13.8 Å². The van der Waals surface area contributed by atoms with Crippen molar-refractivity contribution in [2.24, 2.45) is 0 Å². The van der Waals surface area contributed by atoms with Crippen LogP contribution in [0.3, 0.4) is 0 Å². The molecule has 1 rings (SSSR count). The zero-order valence-corrected chi connectivity index (χ0v) is 11.8. The summed E-state index contributed by atoms with van der Waals surface area (Å²) in [6, 6.07) is -1.60. The maximum absolute atomic E-state index is 11.6. The average Bonchev–Trinajstić information content (AvgIpc) is 2.44. The number of nitrogens with zero attached hydrogens (tertiary/aromatic N) is 3. The van der Waals surface area contributed by atoms with E-state index in [1.54, 1.807) is 6.92 Å². The first-order valence-corrected chi connectivity index (χ1v) is 6.54. The van der Waals surface area contributed by atoms with Crippen molar-refractivity contribution in [1.82, 2.24) is 20.5 Å². The SMILES string of the molecule is CCc1nnc(NC(=O)N[C@@H](CC)C(=O)O)nc1CC. The van der Waals surface area contributed by atoms with Crippen molar-refractivity contribution >= 4 is 17.9 Å². The van der Waals surface area contributed by atoms with Gasteiger partial charge in [-0.3, -0.25) is 5.32 Å². The number of hydrogen-bond donors (Lipinski definition) is 3. The van der Waals surface area contributed by atoms with E-state index >= 15 is 0 Å². The number of carboxylic acid groups (broad SMARTS) is 1. The van der Waals surface area contributed by atoms with Crippen molar-refractivity contribution < 1.29 is 14.7 Å². The van der Waals surface area contributed by atoms with Gasteiger partial charge in [0, 0.05) is 0 Å². The standard InChI is InChI=1S/C12H19N5O3/c1-4-7-8(5-2)16-17-11(13-7)15-12(20)14-9(6-3)10(18)19/h9H,4-6H2,1-3H3,(H,18,19)(H2,13,14,15,17,20)/t9-/m0/s1. The largest absolute Gasteiger partial charge is 0.480 e. The average molecular weight is 281 g/mol. The second kappa shape index (κ2) is 7.37. The van der Waals surface area contributed by atoms with E-state index in [0.717, 1.165) is 11.4 Å². The Morgan fingerprint density at radius 3 is 2.30 bits per heavy atom. The first-order valence-electron chi connectivity index (χ1n) is 6.54. The highest BCUT2D eigenvalue weighted by atomic mass is 16.4. The molecular formula is C12H19N5O3. The fraction of sp³-hybridized carbons (Fsp3) is 0.583. The van der Waals surface area contributed by atoms with E-state index in [9.17, 15) is 9.59 Å². The summed E-state index contributed by atoms with van der Waals surface area (Å²) in [5.41, 5.74) is 1.55. The van der Waals surface area contributed by atoms with Gasteiger partial charge in [0.2, 0.25) is 0 Å². The molecule has 0 spiro atoms. The van der Waals surface area contributed by atoms with Crippen molar-refractivity contribution in [2.75, 3.05) is 5.32 Å². The second-order valence-electron chi connectivity index (χ2n) is 4.13. The Bertz CT molecular complexity index is 492. The van der Waals surface area contributed by atoms with Crippen molar-refractivity contribution in [3.05, 3.63) is 11.4 Å². The van der Waals surface area contributed by atoms with E-state index in [1.165, 1.54) is 0 Å². The number of carbonyl (C=O) groups is 2. The van der Waals surface area contributed by atoms with Crippen LogP contribution in [0.4, 0.5) is 10.7 Å². The number of urea groups is 1. The number of rotatable bonds is 6. The van der Waals surface area contributed by atoms with Gasteiger partial charge in [0.25, 0.3) is 5.95 Å². The number of carbonyl (C=O) groups excluding carboxylic acids is 1. The molecule has 1 heterocycles. The Morgan fingerprint density at radius 1 is 1.15 bits per heavy atom. The summed E-state index contributed by atoms with van der Waals surface area (Å²) in [7, 11) is 0. The number of anilines is 1. The monoisotopic (exact) mass is 281 g/mol. The summed E-state index contributed by atoms with van der Waals surface area (Å²) in [5, 5.41) is 21.3. The molecule has 0 aliphatic rings. The third-order valence-electron chi connectivity index (χ3n) is 2.75. The molecule has 8 heteroatoms. The lowest BCUT2D eigenvalue weighted by Gasteiger charge is -2.12. The van der Waals surface area contributed by atoms with Gasteiger partial charge in [0.1, 0.15) is 6.04 Å². The van der Waals surface area contributed by atoms with E-state index in [4.69, 9.17) is 5.11 Å². The number of aryl methyl sites for hydroxylation is 2. The first kappa shape index (κ1) is 15.8. The Balaban J connectivity index is 2.73. The van der Waals surface area contributed by atoms with Crippen LogP contribution < -0.4 is 10.6 Å². The number of amides is 2. The molecule has 0 aliphatic carbocycles. The molecular weight excluding hydrogens is 262 g/mol. The fourth-order valence-corrected chi connectivity index (χ4v) is 1.63. The van der Waals surface area contributed by atoms with Crippen LogP contribution in [0.5, 0.6) is 0 Å². The molecule has 3 N–H and O–H groups in total. The smallest absolute Gasteiger partial charge is 0.326 e. The highest BCUT2D eigenvalue weighted by Crippen LogP contribution is 2.06. The minimum absolute atomic E-state index is 0.0665. The second-order valence-corrected chi connectivity index (χ2v) is 4.13. The quantitative estimate of drug-likeness (QED) is 0.715. The molecule has 1 aromatic rings. The molecule has 0 bridgehead atoms. The van der Waals surface area contributed by atoms with E-state index in [0.29, 0.717) is 12.8 Å². The van der Waals surface area contributed by atoms with Gasteiger partial charge in [0.05, 0.1) is 11.4 Å². The minimum Gasteiger partial charge on any atom is -0.480 e. The number of nitrogens with one attached hydrogen (secondary N) is 2. The van der Waals surface area contributed by atoms with Gasteiger partial charge in [-0.2, -0.15) is 0 Å². The topological polar surface area (TPSA) is 117 Å². The lowest BCUT2D eigenvalue weighted by molar-refractivity contribution is -0.139. The van der Waals surface area contributed by atoms with Crippen LogP contribution in [-0.4, -0.2) is 38.3 Å². The van der Waals surface area contributed by atoms with Crippen molar-refractivity contribution in [3.8, 4) is 0 Å². The normalized spacial score (nSPS) is 11.8. The Morgan fingerprint density at radius 2 is 1.80 bits per heavy atom. The fourth-order valence-electron chi connectivity index (χ4n) is 1.63. The summed E-state index contributed by atoms with van der Waals surface area (Å²) in [6.07, 6.45) is 1.69. The van der Waals surface area contributed by atoms with E-state index in [2.05, 4.69) is 25.8 Å². The molecule has 2 amide bonds. The molecule has 0 radical (unpaired) electrons. The summed E-state index contributed by atoms with van der Waals surface area (Å²) in [5.74, 6) is -1.02. The van der Waals surface area contributed by atoms with Crippen LogP contribution in [0.1, 0.15) is 38.6 Å². The summed E-state index contributed by atoms with van der Waals surface area (Å²) in [4.78, 5) is 26.7.